The molecule has 4 aromatic rings. The number of benzene rings is 3. The van der Waals surface area contributed by atoms with E-state index in [1.807, 2.05) is 41.0 Å². The number of carbonyl (C=O) groups is 1. The average molecular weight is 467 g/mol. The molecule has 0 radical (unpaired) electrons. The molecular formula is C23H19ClN4O3S. The molecule has 0 bridgehead atoms. The van der Waals surface area contributed by atoms with Gasteiger partial charge in [0.15, 0.2) is 11.0 Å². The van der Waals surface area contributed by atoms with Crippen LogP contribution >= 0.6 is 23.4 Å². The molecule has 0 aliphatic rings. The van der Waals surface area contributed by atoms with Gasteiger partial charge < -0.3 is 15.2 Å². The van der Waals surface area contributed by atoms with Crippen molar-refractivity contribution in [2.24, 2.45) is 0 Å². The van der Waals surface area contributed by atoms with Crippen LogP contribution in [0.1, 0.15) is 0 Å². The Hall–Kier alpha value is -3.49. The van der Waals surface area contributed by atoms with Crippen LogP contribution in [-0.2, 0) is 4.79 Å². The Labute approximate surface area is 194 Å². The molecule has 1 amide bonds. The lowest BCUT2D eigenvalue weighted by molar-refractivity contribution is -0.113. The number of nitrogens with one attached hydrogen (secondary N) is 1. The van der Waals surface area contributed by atoms with Crippen LogP contribution in [0, 0.1) is 0 Å². The standard InChI is InChI=1S/C23H19ClN4O3S/c1-31-20-12-11-15(24)13-18(20)25-21(30)14-32-23-27-26-22(17-9-5-6-10-19(17)29)28(23)16-7-3-2-4-8-16/h2-13,29H,14H2,1H3,(H,25,30). The molecule has 0 atom stereocenters. The molecule has 0 saturated heterocycles. The largest absolute Gasteiger partial charge is 0.507 e. The van der Waals surface area contributed by atoms with Gasteiger partial charge in [0.25, 0.3) is 0 Å². The summed E-state index contributed by atoms with van der Waals surface area (Å²) in [5.41, 5.74) is 1.85. The quantitative estimate of drug-likeness (QED) is 0.371. The Morgan fingerprint density at radius 3 is 2.59 bits per heavy atom. The van der Waals surface area contributed by atoms with Crippen LogP contribution in [0.25, 0.3) is 17.1 Å². The van der Waals surface area contributed by atoms with Crippen molar-refractivity contribution in [3.8, 4) is 28.6 Å². The van der Waals surface area contributed by atoms with Gasteiger partial charge in [0.05, 0.1) is 24.1 Å². The number of phenolic OH excluding ortho intramolecular Hbond substituents is 1. The molecule has 162 valence electrons. The Bertz CT molecular complexity index is 1250. The van der Waals surface area contributed by atoms with E-state index in [1.54, 1.807) is 36.4 Å². The lowest BCUT2D eigenvalue weighted by atomic mass is 10.2. The van der Waals surface area contributed by atoms with Gasteiger partial charge in [0.1, 0.15) is 11.5 Å². The van der Waals surface area contributed by atoms with Crippen LogP contribution in [0.5, 0.6) is 11.5 Å². The van der Waals surface area contributed by atoms with Gasteiger partial charge in [-0.2, -0.15) is 0 Å². The van der Waals surface area contributed by atoms with Gasteiger partial charge in [0, 0.05) is 10.7 Å². The number of anilines is 1. The fourth-order valence-corrected chi connectivity index (χ4v) is 4.03. The number of amides is 1. The number of phenols is 1. The van der Waals surface area contributed by atoms with E-state index in [0.717, 1.165) is 5.69 Å². The number of para-hydroxylation sites is 2. The smallest absolute Gasteiger partial charge is 0.234 e. The summed E-state index contributed by atoms with van der Waals surface area (Å²) in [5.74, 6) is 0.930. The summed E-state index contributed by atoms with van der Waals surface area (Å²) in [6.07, 6.45) is 0. The van der Waals surface area contributed by atoms with E-state index in [9.17, 15) is 9.90 Å². The Balaban J connectivity index is 1.60. The summed E-state index contributed by atoms with van der Waals surface area (Å²) < 4.78 is 7.09. The number of hydrogen-bond acceptors (Lipinski definition) is 6. The van der Waals surface area contributed by atoms with E-state index in [2.05, 4.69) is 15.5 Å². The van der Waals surface area contributed by atoms with Crippen LogP contribution in [0.3, 0.4) is 0 Å². The Kier molecular flexibility index (Phi) is 6.63. The van der Waals surface area contributed by atoms with E-state index < -0.39 is 0 Å². The first-order valence-electron chi connectivity index (χ1n) is 9.62. The van der Waals surface area contributed by atoms with E-state index in [1.165, 1.54) is 18.9 Å². The number of aromatic nitrogens is 3. The summed E-state index contributed by atoms with van der Waals surface area (Å²) >= 11 is 7.27. The topological polar surface area (TPSA) is 89.3 Å². The molecule has 0 aliphatic heterocycles. The number of carbonyl (C=O) groups excluding carboxylic acids is 1. The highest BCUT2D eigenvalue weighted by Gasteiger charge is 2.19. The van der Waals surface area contributed by atoms with E-state index in [0.29, 0.717) is 33.0 Å². The minimum absolute atomic E-state index is 0.0847. The molecule has 9 heteroatoms. The maximum Gasteiger partial charge on any atom is 0.234 e. The minimum Gasteiger partial charge on any atom is -0.507 e. The monoisotopic (exact) mass is 466 g/mol. The number of ether oxygens (including phenoxy) is 1. The van der Waals surface area contributed by atoms with E-state index in [4.69, 9.17) is 16.3 Å². The predicted molar refractivity (Wildman–Crippen MR) is 126 cm³/mol. The van der Waals surface area contributed by atoms with Crippen molar-refractivity contribution in [1.82, 2.24) is 14.8 Å². The number of thioether (sulfide) groups is 1. The highest BCUT2D eigenvalue weighted by molar-refractivity contribution is 7.99. The second-order valence-corrected chi connectivity index (χ2v) is 8.05. The molecule has 0 aliphatic carbocycles. The van der Waals surface area contributed by atoms with Gasteiger partial charge in [-0.05, 0) is 42.5 Å². The van der Waals surface area contributed by atoms with Gasteiger partial charge in [0.2, 0.25) is 5.91 Å². The fourth-order valence-electron chi connectivity index (χ4n) is 3.10. The summed E-state index contributed by atoms with van der Waals surface area (Å²) in [6.45, 7) is 0. The van der Waals surface area contributed by atoms with E-state index in [-0.39, 0.29) is 17.4 Å². The summed E-state index contributed by atoms with van der Waals surface area (Å²) in [6, 6.07) is 21.5. The molecule has 0 fully saturated rings. The van der Waals surface area contributed by atoms with Crippen LogP contribution in [0.15, 0.2) is 78.0 Å². The Morgan fingerprint density at radius 2 is 1.84 bits per heavy atom. The third kappa shape index (κ3) is 4.71. The lowest BCUT2D eigenvalue weighted by Crippen LogP contribution is -2.15. The third-order valence-corrected chi connectivity index (χ3v) is 5.72. The number of aromatic hydroxyl groups is 1. The minimum atomic E-state index is -0.248. The second-order valence-electron chi connectivity index (χ2n) is 6.68. The van der Waals surface area contributed by atoms with Gasteiger partial charge in [-0.15, -0.1) is 10.2 Å². The van der Waals surface area contributed by atoms with Crippen LogP contribution in [-0.4, -0.2) is 38.6 Å². The second kappa shape index (κ2) is 9.76. The van der Waals surface area contributed by atoms with Crippen LogP contribution < -0.4 is 10.1 Å². The predicted octanol–water partition coefficient (Wildman–Crippen LogP) is 5.03. The number of halogens is 1. The number of methoxy groups -OCH3 is 1. The maximum absolute atomic E-state index is 12.6. The SMILES string of the molecule is COc1ccc(Cl)cc1NC(=O)CSc1nnc(-c2ccccc2O)n1-c1ccccc1. The number of nitrogens with zero attached hydrogens (tertiary/aromatic N) is 3. The first-order valence-corrected chi connectivity index (χ1v) is 11.0. The van der Waals surface area contributed by atoms with Gasteiger partial charge in [-0.25, -0.2) is 0 Å². The van der Waals surface area contributed by atoms with Gasteiger partial charge in [-0.1, -0.05) is 53.7 Å². The molecule has 1 aromatic heterocycles. The molecule has 0 saturated carbocycles. The zero-order chi connectivity index (χ0) is 22.5. The molecule has 1 heterocycles. The molecular weight excluding hydrogens is 448 g/mol. The first kappa shape index (κ1) is 21.7. The van der Waals surface area contributed by atoms with Crippen molar-refractivity contribution in [3.05, 3.63) is 77.8 Å². The third-order valence-electron chi connectivity index (χ3n) is 4.56. The van der Waals surface area contributed by atoms with Crippen LogP contribution in [0.2, 0.25) is 5.02 Å². The normalized spacial score (nSPS) is 10.7. The molecule has 0 spiro atoms. The Morgan fingerprint density at radius 1 is 1.09 bits per heavy atom. The zero-order valence-corrected chi connectivity index (χ0v) is 18.6. The molecule has 2 N–H and O–H groups in total. The van der Waals surface area contributed by atoms with Crippen molar-refractivity contribution < 1.29 is 14.6 Å². The number of hydrogen-bond donors (Lipinski definition) is 2. The van der Waals surface area contributed by atoms with Crippen molar-refractivity contribution >= 4 is 35.0 Å². The zero-order valence-electron chi connectivity index (χ0n) is 17.0. The molecule has 0 unspecified atom stereocenters. The average Bonchev–Trinajstić information content (AvgIpc) is 3.22. The summed E-state index contributed by atoms with van der Waals surface area (Å²) in [5, 5.41) is 22.7. The fraction of sp³-hybridized carbons (Fsp3) is 0.0870. The molecule has 4 rings (SSSR count). The number of rotatable bonds is 7. The van der Waals surface area contributed by atoms with Crippen molar-refractivity contribution in [2.75, 3.05) is 18.2 Å². The van der Waals surface area contributed by atoms with Crippen molar-refractivity contribution in [3.63, 3.8) is 0 Å². The molecule has 7 nitrogen and oxygen atoms in total. The lowest BCUT2D eigenvalue weighted by Gasteiger charge is -2.12. The highest BCUT2D eigenvalue weighted by Crippen LogP contribution is 2.33. The maximum atomic E-state index is 12.6. The summed E-state index contributed by atoms with van der Waals surface area (Å²) in [7, 11) is 1.52. The molecule has 32 heavy (non-hydrogen) atoms. The molecule has 3 aromatic carbocycles. The van der Waals surface area contributed by atoms with Gasteiger partial charge >= 0.3 is 0 Å². The van der Waals surface area contributed by atoms with Gasteiger partial charge in [-0.3, -0.25) is 9.36 Å². The highest BCUT2D eigenvalue weighted by atomic mass is 35.5. The van der Waals surface area contributed by atoms with E-state index >= 15 is 0 Å². The van der Waals surface area contributed by atoms with Crippen LogP contribution in [0.4, 0.5) is 5.69 Å². The van der Waals surface area contributed by atoms with Crippen molar-refractivity contribution in [2.45, 2.75) is 5.16 Å². The van der Waals surface area contributed by atoms with Crippen molar-refractivity contribution in [1.29, 1.82) is 0 Å². The summed E-state index contributed by atoms with van der Waals surface area (Å²) in [4.78, 5) is 12.6. The first-order chi connectivity index (χ1) is 15.6.